The number of rotatable bonds is 5. The van der Waals surface area contributed by atoms with Crippen molar-refractivity contribution in [3.05, 3.63) is 54.6 Å². The van der Waals surface area contributed by atoms with Gasteiger partial charge in [0.15, 0.2) is 12.2 Å². The van der Waals surface area contributed by atoms with Gasteiger partial charge in [-0.25, -0.2) is 0 Å². The molecule has 120 valence electrons. The van der Waals surface area contributed by atoms with E-state index in [1.165, 1.54) is 7.05 Å². The molecule has 0 aliphatic rings. The fourth-order valence-electron chi connectivity index (χ4n) is 2.03. The van der Waals surface area contributed by atoms with Crippen molar-refractivity contribution in [2.24, 2.45) is 0 Å². The zero-order valence-electron chi connectivity index (χ0n) is 12.6. The molecule has 0 bridgehead atoms. The van der Waals surface area contributed by atoms with Gasteiger partial charge in [0.1, 0.15) is 0 Å². The smallest absolute Gasteiger partial charge is 0.256 e. The Morgan fingerprint density at radius 2 is 1.35 bits per heavy atom. The molecular weight excluding hydrogens is 296 g/mol. The van der Waals surface area contributed by atoms with Crippen LogP contribution >= 0.6 is 0 Å². The van der Waals surface area contributed by atoms with Gasteiger partial charge in [-0.05, 0) is 23.3 Å². The van der Waals surface area contributed by atoms with Crippen LogP contribution in [0, 0.1) is 0 Å². The van der Waals surface area contributed by atoms with Crippen molar-refractivity contribution in [1.82, 2.24) is 5.32 Å². The maximum atomic E-state index is 11.8. The summed E-state index contributed by atoms with van der Waals surface area (Å²) < 4.78 is 0. The first-order valence-corrected chi connectivity index (χ1v) is 7.07. The third-order valence-electron chi connectivity index (χ3n) is 3.34. The lowest BCUT2D eigenvalue weighted by molar-refractivity contribution is -0.142. The minimum absolute atomic E-state index is 0.456. The second kappa shape index (κ2) is 7.53. The lowest BCUT2D eigenvalue weighted by Crippen LogP contribution is -2.46. The maximum Gasteiger partial charge on any atom is 0.256 e. The van der Waals surface area contributed by atoms with E-state index in [1.807, 2.05) is 42.5 Å². The molecule has 2 aromatic carbocycles. The molecule has 0 aliphatic heterocycles. The number of aliphatic hydroxyl groups excluding tert-OH is 2. The van der Waals surface area contributed by atoms with Gasteiger partial charge in [0.2, 0.25) is 0 Å². The first-order chi connectivity index (χ1) is 11.0. The highest BCUT2D eigenvalue weighted by Gasteiger charge is 2.29. The molecule has 0 fully saturated rings. The molecule has 0 aliphatic carbocycles. The van der Waals surface area contributed by atoms with Crippen LogP contribution in [0.15, 0.2) is 54.6 Å². The van der Waals surface area contributed by atoms with Crippen LogP contribution in [0.5, 0.6) is 0 Å². The van der Waals surface area contributed by atoms with Crippen molar-refractivity contribution in [2.75, 3.05) is 12.4 Å². The molecule has 0 radical (unpaired) electrons. The van der Waals surface area contributed by atoms with Gasteiger partial charge < -0.3 is 20.8 Å². The van der Waals surface area contributed by atoms with Crippen LogP contribution in [0.1, 0.15) is 0 Å². The normalized spacial score (nSPS) is 13.0. The summed E-state index contributed by atoms with van der Waals surface area (Å²) in [7, 11) is 1.30. The highest BCUT2D eigenvalue weighted by Crippen LogP contribution is 2.21. The zero-order chi connectivity index (χ0) is 16.8. The van der Waals surface area contributed by atoms with E-state index in [-0.39, 0.29) is 0 Å². The van der Waals surface area contributed by atoms with E-state index in [2.05, 4.69) is 10.6 Å². The molecule has 6 heteroatoms. The number of anilines is 1. The van der Waals surface area contributed by atoms with Gasteiger partial charge in [0, 0.05) is 12.7 Å². The summed E-state index contributed by atoms with van der Waals surface area (Å²) in [5.41, 5.74) is 2.48. The molecule has 2 rings (SSSR count). The summed E-state index contributed by atoms with van der Waals surface area (Å²) in [5.74, 6) is -1.68. The molecule has 0 saturated carbocycles. The predicted octanol–water partition coefficient (Wildman–Crippen LogP) is 0.760. The van der Waals surface area contributed by atoms with Gasteiger partial charge in [0.25, 0.3) is 11.8 Å². The Kier molecular flexibility index (Phi) is 5.46. The highest BCUT2D eigenvalue weighted by atomic mass is 16.3. The largest absolute Gasteiger partial charge is 0.380 e. The Hall–Kier alpha value is -2.70. The molecule has 4 N–H and O–H groups in total. The third-order valence-corrected chi connectivity index (χ3v) is 3.34. The molecule has 2 amide bonds. The van der Waals surface area contributed by atoms with Crippen LogP contribution in [0.3, 0.4) is 0 Å². The molecule has 0 spiro atoms. The molecule has 0 heterocycles. The van der Waals surface area contributed by atoms with Gasteiger partial charge in [-0.15, -0.1) is 0 Å². The maximum absolute atomic E-state index is 11.8. The van der Waals surface area contributed by atoms with E-state index in [0.29, 0.717) is 5.69 Å². The van der Waals surface area contributed by atoms with Crippen LogP contribution in [0.2, 0.25) is 0 Å². The summed E-state index contributed by atoms with van der Waals surface area (Å²) in [6, 6.07) is 16.7. The minimum atomic E-state index is -1.84. The summed E-state index contributed by atoms with van der Waals surface area (Å²) in [4.78, 5) is 23.0. The molecule has 0 aromatic heterocycles. The number of nitrogens with one attached hydrogen (secondary N) is 2. The van der Waals surface area contributed by atoms with Crippen LogP contribution in [0.4, 0.5) is 5.69 Å². The standard InChI is InChI=1S/C17H18N2O4/c1-18-16(22)14(20)15(21)17(23)19-13-9-7-12(8-10-13)11-5-3-2-4-6-11/h2-10,14-15,20-21H,1H3,(H,18,22)(H,19,23). The number of hydrogen-bond acceptors (Lipinski definition) is 4. The van der Waals surface area contributed by atoms with Crippen molar-refractivity contribution >= 4 is 17.5 Å². The summed E-state index contributed by atoms with van der Waals surface area (Å²) in [6.07, 6.45) is -3.66. The Balaban J connectivity index is 2.03. The van der Waals surface area contributed by atoms with E-state index in [1.54, 1.807) is 12.1 Å². The first kappa shape index (κ1) is 16.7. The minimum Gasteiger partial charge on any atom is -0.380 e. The fourth-order valence-corrected chi connectivity index (χ4v) is 2.03. The molecular formula is C17H18N2O4. The average molecular weight is 314 g/mol. The number of benzene rings is 2. The zero-order valence-corrected chi connectivity index (χ0v) is 12.6. The molecule has 2 atom stereocenters. The van der Waals surface area contributed by atoms with Crippen molar-refractivity contribution in [3.8, 4) is 11.1 Å². The number of aliphatic hydroxyl groups is 2. The van der Waals surface area contributed by atoms with Crippen LogP contribution in [-0.2, 0) is 9.59 Å². The third kappa shape index (κ3) is 4.15. The Morgan fingerprint density at radius 3 is 1.91 bits per heavy atom. The van der Waals surface area contributed by atoms with Gasteiger partial charge in [0.05, 0.1) is 0 Å². The van der Waals surface area contributed by atoms with E-state index in [0.717, 1.165) is 11.1 Å². The lowest BCUT2D eigenvalue weighted by Gasteiger charge is -2.16. The van der Waals surface area contributed by atoms with Crippen LogP contribution < -0.4 is 10.6 Å². The number of amides is 2. The van der Waals surface area contributed by atoms with Gasteiger partial charge in [-0.2, -0.15) is 0 Å². The monoisotopic (exact) mass is 314 g/mol. The van der Waals surface area contributed by atoms with Crippen molar-refractivity contribution < 1.29 is 19.8 Å². The summed E-state index contributed by atoms with van der Waals surface area (Å²) >= 11 is 0. The van der Waals surface area contributed by atoms with Crippen molar-refractivity contribution in [3.63, 3.8) is 0 Å². The Morgan fingerprint density at radius 1 is 0.826 bits per heavy atom. The SMILES string of the molecule is CNC(=O)C(O)C(O)C(=O)Nc1ccc(-c2ccccc2)cc1. The van der Waals surface area contributed by atoms with Gasteiger partial charge in [-0.3, -0.25) is 9.59 Å². The number of hydrogen-bond donors (Lipinski definition) is 4. The fraction of sp³-hybridized carbons (Fsp3) is 0.176. The molecule has 2 unspecified atom stereocenters. The number of carbonyl (C=O) groups is 2. The van der Waals surface area contributed by atoms with Crippen molar-refractivity contribution in [2.45, 2.75) is 12.2 Å². The van der Waals surface area contributed by atoms with Crippen LogP contribution in [0.25, 0.3) is 11.1 Å². The Labute approximate surface area is 133 Å². The highest BCUT2D eigenvalue weighted by molar-refractivity contribution is 5.98. The lowest BCUT2D eigenvalue weighted by atomic mass is 10.1. The summed E-state index contributed by atoms with van der Waals surface area (Å²) in [6.45, 7) is 0. The average Bonchev–Trinajstić information content (AvgIpc) is 2.61. The Bertz CT molecular complexity index is 671. The summed E-state index contributed by atoms with van der Waals surface area (Å²) in [5, 5.41) is 23.8. The first-order valence-electron chi connectivity index (χ1n) is 7.07. The molecule has 23 heavy (non-hydrogen) atoms. The van der Waals surface area contributed by atoms with E-state index in [9.17, 15) is 19.8 Å². The van der Waals surface area contributed by atoms with E-state index < -0.39 is 24.0 Å². The van der Waals surface area contributed by atoms with Crippen molar-refractivity contribution in [1.29, 1.82) is 0 Å². The van der Waals surface area contributed by atoms with E-state index in [4.69, 9.17) is 0 Å². The molecule has 6 nitrogen and oxygen atoms in total. The van der Waals surface area contributed by atoms with Gasteiger partial charge >= 0.3 is 0 Å². The number of carbonyl (C=O) groups excluding carboxylic acids is 2. The predicted molar refractivity (Wildman–Crippen MR) is 86.6 cm³/mol. The quantitative estimate of drug-likeness (QED) is 0.655. The second-order valence-electron chi connectivity index (χ2n) is 4.94. The topological polar surface area (TPSA) is 98.7 Å². The second-order valence-corrected chi connectivity index (χ2v) is 4.94. The molecule has 0 saturated heterocycles. The molecule has 2 aromatic rings. The van der Waals surface area contributed by atoms with Gasteiger partial charge in [-0.1, -0.05) is 42.5 Å². The van der Waals surface area contributed by atoms with E-state index >= 15 is 0 Å². The number of likely N-dealkylation sites (N-methyl/N-ethyl adjacent to an activating group) is 1. The van der Waals surface area contributed by atoms with Crippen LogP contribution in [-0.4, -0.2) is 41.3 Å².